The average Bonchev–Trinajstić information content (AvgIpc) is 2.46. The first-order chi connectivity index (χ1) is 10.6. The summed E-state index contributed by atoms with van der Waals surface area (Å²) in [5, 5.41) is 1.03. The zero-order chi connectivity index (χ0) is 14.9. The molecule has 0 radical (unpaired) electrons. The molecule has 6 rings (SSSR count). The molecule has 4 saturated carbocycles. The van der Waals surface area contributed by atoms with Gasteiger partial charge in [-0.05, 0) is 74.5 Å². The summed E-state index contributed by atoms with van der Waals surface area (Å²) in [6.07, 6.45) is 7.54. The van der Waals surface area contributed by atoms with E-state index in [1.165, 1.54) is 19.3 Å². The Morgan fingerprint density at radius 3 is 2.36 bits per heavy atom. The van der Waals surface area contributed by atoms with Gasteiger partial charge in [-0.1, -0.05) is 11.6 Å². The van der Waals surface area contributed by atoms with Gasteiger partial charge in [0.05, 0.1) is 10.9 Å². The van der Waals surface area contributed by atoms with Gasteiger partial charge in [-0.15, -0.1) is 0 Å². The second-order valence-corrected chi connectivity index (χ2v) is 8.10. The van der Waals surface area contributed by atoms with Crippen molar-refractivity contribution in [1.82, 2.24) is 4.98 Å². The summed E-state index contributed by atoms with van der Waals surface area (Å²) in [5.41, 5.74) is 0.437. The van der Waals surface area contributed by atoms with Crippen LogP contribution in [0, 0.1) is 17.8 Å². The van der Waals surface area contributed by atoms with E-state index in [9.17, 15) is 4.79 Å². The molecule has 4 aliphatic rings. The zero-order valence-corrected chi connectivity index (χ0v) is 13.1. The van der Waals surface area contributed by atoms with Crippen LogP contribution in [0.25, 0.3) is 10.9 Å². The summed E-state index contributed by atoms with van der Waals surface area (Å²) >= 11 is 5.98. The molecule has 1 aromatic heterocycles. The normalized spacial score (nSPS) is 36.1. The largest absolute Gasteiger partial charge is 0.407 e. The Hall–Kier alpha value is -1.35. The van der Waals surface area contributed by atoms with Gasteiger partial charge in [-0.25, -0.2) is 9.78 Å². The Labute approximate surface area is 133 Å². The second kappa shape index (κ2) is 4.35. The van der Waals surface area contributed by atoms with Crippen LogP contribution in [-0.4, -0.2) is 4.98 Å². The highest BCUT2D eigenvalue weighted by Gasteiger charge is 2.53. The van der Waals surface area contributed by atoms with Crippen molar-refractivity contribution in [2.24, 2.45) is 17.8 Å². The molecule has 0 spiro atoms. The highest BCUT2D eigenvalue weighted by Crippen LogP contribution is 2.60. The molecule has 0 aliphatic heterocycles. The number of hydrogen-bond donors (Lipinski definition) is 0. The Bertz CT molecular complexity index is 790. The number of nitrogens with zero attached hydrogens (tertiary/aromatic N) is 1. The zero-order valence-electron chi connectivity index (χ0n) is 12.3. The Kier molecular flexibility index (Phi) is 2.59. The molecule has 4 bridgehead atoms. The Morgan fingerprint density at radius 1 is 1.09 bits per heavy atom. The lowest BCUT2D eigenvalue weighted by atomic mass is 9.49. The van der Waals surface area contributed by atoms with Crippen molar-refractivity contribution in [2.75, 3.05) is 0 Å². The van der Waals surface area contributed by atoms with Gasteiger partial charge in [0.2, 0.25) is 5.89 Å². The minimum absolute atomic E-state index is 0.0156. The number of rotatable bonds is 1. The van der Waals surface area contributed by atoms with E-state index in [4.69, 9.17) is 21.0 Å². The van der Waals surface area contributed by atoms with Crippen molar-refractivity contribution >= 4 is 22.5 Å². The van der Waals surface area contributed by atoms with E-state index in [0.29, 0.717) is 21.8 Å². The molecule has 22 heavy (non-hydrogen) atoms. The highest BCUT2D eigenvalue weighted by atomic mass is 35.5. The van der Waals surface area contributed by atoms with Gasteiger partial charge >= 0.3 is 5.63 Å². The van der Waals surface area contributed by atoms with Gasteiger partial charge in [0.15, 0.2) is 0 Å². The van der Waals surface area contributed by atoms with Crippen LogP contribution in [0.3, 0.4) is 0 Å². The van der Waals surface area contributed by atoms with Crippen molar-refractivity contribution in [1.29, 1.82) is 0 Å². The molecule has 0 unspecified atom stereocenters. The molecule has 4 heteroatoms. The van der Waals surface area contributed by atoms with Crippen molar-refractivity contribution < 1.29 is 4.42 Å². The fourth-order valence-electron chi connectivity index (χ4n) is 5.64. The summed E-state index contributed by atoms with van der Waals surface area (Å²) in [7, 11) is 0. The number of fused-ring (bicyclic) bond motifs is 1. The van der Waals surface area contributed by atoms with Crippen LogP contribution in [0.5, 0.6) is 0 Å². The van der Waals surface area contributed by atoms with Crippen LogP contribution >= 0.6 is 11.6 Å². The number of benzene rings is 1. The van der Waals surface area contributed by atoms with Crippen molar-refractivity contribution in [3.63, 3.8) is 0 Å². The maximum absolute atomic E-state index is 12.4. The van der Waals surface area contributed by atoms with Gasteiger partial charge in [-0.2, -0.15) is 0 Å². The molecule has 0 saturated heterocycles. The lowest BCUT2D eigenvalue weighted by Gasteiger charge is -2.55. The predicted molar refractivity (Wildman–Crippen MR) is 85.1 cm³/mol. The monoisotopic (exact) mass is 315 g/mol. The molecule has 1 heterocycles. The average molecular weight is 316 g/mol. The van der Waals surface area contributed by atoms with E-state index in [0.717, 1.165) is 37.0 Å². The van der Waals surface area contributed by atoms with Crippen molar-refractivity contribution in [2.45, 2.75) is 43.9 Å². The van der Waals surface area contributed by atoms with E-state index in [1.807, 2.05) is 6.07 Å². The molecule has 0 amide bonds. The van der Waals surface area contributed by atoms with Crippen LogP contribution < -0.4 is 5.63 Å². The van der Waals surface area contributed by atoms with Gasteiger partial charge in [-0.3, -0.25) is 0 Å². The molecule has 4 fully saturated rings. The van der Waals surface area contributed by atoms with E-state index in [1.54, 1.807) is 12.1 Å². The van der Waals surface area contributed by atoms with Gasteiger partial charge < -0.3 is 4.42 Å². The summed E-state index contributed by atoms with van der Waals surface area (Å²) in [6, 6.07) is 5.28. The third-order valence-electron chi connectivity index (χ3n) is 6.08. The van der Waals surface area contributed by atoms with Gasteiger partial charge in [0.1, 0.15) is 0 Å². The highest BCUT2D eigenvalue weighted by molar-refractivity contribution is 6.31. The van der Waals surface area contributed by atoms with Gasteiger partial charge in [0.25, 0.3) is 0 Å². The fraction of sp³-hybridized carbons (Fsp3) is 0.556. The molecule has 0 atom stereocenters. The number of hydrogen-bond acceptors (Lipinski definition) is 3. The first-order valence-corrected chi connectivity index (χ1v) is 8.60. The minimum atomic E-state index is -0.293. The first kappa shape index (κ1) is 13.1. The van der Waals surface area contributed by atoms with Crippen LogP contribution in [0.4, 0.5) is 0 Å². The summed E-state index contributed by atoms with van der Waals surface area (Å²) < 4.78 is 5.71. The molecule has 114 valence electrons. The molecule has 3 nitrogen and oxygen atoms in total. The van der Waals surface area contributed by atoms with Crippen LogP contribution in [-0.2, 0) is 5.41 Å². The first-order valence-electron chi connectivity index (χ1n) is 8.22. The molecular formula is C18H18ClNO2. The van der Waals surface area contributed by atoms with E-state index < -0.39 is 0 Å². The number of aromatic nitrogens is 1. The third-order valence-corrected chi connectivity index (χ3v) is 6.32. The Balaban J connectivity index is 1.68. The van der Waals surface area contributed by atoms with Crippen LogP contribution in [0.2, 0.25) is 5.02 Å². The molecular weight excluding hydrogens is 298 g/mol. The van der Waals surface area contributed by atoms with E-state index >= 15 is 0 Å². The molecule has 2 aromatic rings. The SMILES string of the molecule is O=c1oc(C23CC4CC(CC(C4)C2)C3)nc2ccc(Cl)cc12. The maximum atomic E-state index is 12.4. The van der Waals surface area contributed by atoms with E-state index in [-0.39, 0.29) is 11.0 Å². The Morgan fingerprint density at radius 2 is 1.73 bits per heavy atom. The predicted octanol–water partition coefficient (Wildman–Crippen LogP) is 4.31. The molecule has 1 aromatic carbocycles. The summed E-state index contributed by atoms with van der Waals surface area (Å²) in [4.78, 5) is 17.1. The van der Waals surface area contributed by atoms with Crippen molar-refractivity contribution in [3.8, 4) is 0 Å². The fourth-order valence-corrected chi connectivity index (χ4v) is 5.82. The van der Waals surface area contributed by atoms with Crippen molar-refractivity contribution in [3.05, 3.63) is 39.5 Å². The second-order valence-electron chi connectivity index (χ2n) is 7.67. The van der Waals surface area contributed by atoms with Crippen LogP contribution in [0.15, 0.2) is 27.4 Å². The standard InChI is InChI=1S/C18H18ClNO2/c19-13-1-2-15-14(6-13)16(21)22-17(20-15)18-7-10-3-11(8-18)5-12(4-10)9-18/h1-2,6,10-12H,3-5,7-9H2. The molecule has 0 N–H and O–H groups in total. The lowest BCUT2D eigenvalue weighted by Crippen LogP contribution is -2.49. The topological polar surface area (TPSA) is 43.1 Å². The quantitative estimate of drug-likeness (QED) is 0.787. The number of halogens is 1. The van der Waals surface area contributed by atoms with E-state index in [2.05, 4.69) is 0 Å². The smallest absolute Gasteiger partial charge is 0.346 e. The summed E-state index contributed by atoms with van der Waals surface area (Å²) in [5.74, 6) is 3.10. The minimum Gasteiger partial charge on any atom is -0.407 e. The van der Waals surface area contributed by atoms with Gasteiger partial charge in [0, 0.05) is 10.4 Å². The summed E-state index contributed by atoms with van der Waals surface area (Å²) in [6.45, 7) is 0. The van der Waals surface area contributed by atoms with Crippen LogP contribution in [0.1, 0.15) is 44.4 Å². The molecule has 4 aliphatic carbocycles. The third kappa shape index (κ3) is 1.81. The maximum Gasteiger partial charge on any atom is 0.346 e. The lowest BCUT2D eigenvalue weighted by molar-refractivity contribution is -0.0193.